The zero-order valence-corrected chi connectivity index (χ0v) is 15.5. The Morgan fingerprint density at radius 2 is 2.12 bits per heavy atom. The number of nitrogens with zero attached hydrogens (tertiary/aromatic N) is 2. The van der Waals surface area contributed by atoms with Crippen molar-refractivity contribution in [2.45, 2.75) is 26.2 Å². The van der Waals surface area contributed by atoms with Crippen LogP contribution in [-0.4, -0.2) is 49.4 Å². The van der Waals surface area contributed by atoms with Gasteiger partial charge in [0.25, 0.3) is 0 Å². The second-order valence-corrected chi connectivity index (χ2v) is 7.68. The van der Waals surface area contributed by atoms with Gasteiger partial charge in [0.2, 0.25) is 11.8 Å². The van der Waals surface area contributed by atoms with Crippen molar-refractivity contribution in [3.05, 3.63) is 29.3 Å². The number of anilines is 1. The summed E-state index contributed by atoms with van der Waals surface area (Å²) in [6, 6.07) is 7.20. The number of halogens is 1. The van der Waals surface area contributed by atoms with Gasteiger partial charge in [0, 0.05) is 36.8 Å². The Balaban J connectivity index is 1.48. The molecule has 2 heterocycles. The van der Waals surface area contributed by atoms with Crippen LogP contribution in [0.25, 0.3) is 0 Å². The normalized spacial score (nSPS) is 22.4. The van der Waals surface area contributed by atoms with Gasteiger partial charge in [-0.2, -0.15) is 0 Å². The molecule has 0 aliphatic carbocycles. The molecule has 2 atom stereocenters. The minimum absolute atomic E-state index is 0.0208. The van der Waals surface area contributed by atoms with Crippen LogP contribution < -0.4 is 10.2 Å². The smallest absolute Gasteiger partial charge is 0.227 e. The first-order valence-electron chi connectivity index (χ1n) is 9.09. The van der Waals surface area contributed by atoms with Crippen molar-refractivity contribution >= 4 is 29.1 Å². The highest BCUT2D eigenvalue weighted by molar-refractivity contribution is 6.30. The number of hydrogen-bond donors (Lipinski definition) is 1. The van der Waals surface area contributed by atoms with E-state index in [4.69, 9.17) is 11.6 Å². The minimum atomic E-state index is -0.287. The molecule has 1 N–H and O–H groups in total. The number of nitrogens with one attached hydrogen (secondary N) is 1. The molecule has 2 aliphatic rings. The number of hydrogen-bond acceptors (Lipinski definition) is 3. The van der Waals surface area contributed by atoms with Gasteiger partial charge < -0.3 is 15.1 Å². The van der Waals surface area contributed by atoms with Crippen LogP contribution >= 0.6 is 11.6 Å². The maximum atomic E-state index is 12.4. The van der Waals surface area contributed by atoms with Gasteiger partial charge in [-0.15, -0.1) is 0 Å². The van der Waals surface area contributed by atoms with E-state index in [1.807, 2.05) is 12.1 Å². The zero-order valence-electron chi connectivity index (χ0n) is 14.7. The molecule has 3 rings (SSSR count). The lowest BCUT2D eigenvalue weighted by Gasteiger charge is -2.21. The van der Waals surface area contributed by atoms with E-state index in [1.54, 1.807) is 17.0 Å². The summed E-state index contributed by atoms with van der Waals surface area (Å²) in [7, 11) is 0. The molecule has 0 spiro atoms. The second-order valence-electron chi connectivity index (χ2n) is 7.24. The molecule has 0 radical (unpaired) electrons. The fourth-order valence-corrected chi connectivity index (χ4v) is 3.85. The lowest BCUT2D eigenvalue weighted by molar-refractivity contribution is -0.126. The summed E-state index contributed by atoms with van der Waals surface area (Å²) in [5.41, 5.74) is 0.759. The van der Waals surface area contributed by atoms with Crippen LogP contribution in [0.5, 0.6) is 0 Å². The SMILES string of the molecule is CC(CNC(=O)C1CC(=O)N(c2cccc(Cl)c2)C1)CN1CCCC1. The predicted octanol–water partition coefficient (Wildman–Crippen LogP) is 2.54. The van der Waals surface area contributed by atoms with Crippen molar-refractivity contribution in [2.24, 2.45) is 11.8 Å². The van der Waals surface area contributed by atoms with Crippen molar-refractivity contribution in [2.75, 3.05) is 37.6 Å². The zero-order chi connectivity index (χ0) is 17.8. The molecule has 0 bridgehead atoms. The lowest BCUT2D eigenvalue weighted by Crippen LogP contribution is -2.38. The van der Waals surface area contributed by atoms with E-state index in [0.717, 1.165) is 12.2 Å². The van der Waals surface area contributed by atoms with Crippen LogP contribution in [0.4, 0.5) is 5.69 Å². The molecule has 2 saturated heterocycles. The van der Waals surface area contributed by atoms with Gasteiger partial charge in [-0.25, -0.2) is 0 Å². The molecule has 0 aromatic heterocycles. The Kier molecular flexibility index (Phi) is 5.97. The molecule has 2 aliphatic heterocycles. The van der Waals surface area contributed by atoms with Crippen LogP contribution in [0.3, 0.4) is 0 Å². The summed E-state index contributed by atoms with van der Waals surface area (Å²) < 4.78 is 0. The average molecular weight is 364 g/mol. The number of rotatable bonds is 6. The lowest BCUT2D eigenvalue weighted by atomic mass is 10.1. The largest absolute Gasteiger partial charge is 0.355 e. The van der Waals surface area contributed by atoms with E-state index in [2.05, 4.69) is 17.1 Å². The molecule has 2 unspecified atom stereocenters. The minimum Gasteiger partial charge on any atom is -0.355 e. The maximum absolute atomic E-state index is 12.4. The van der Waals surface area contributed by atoms with Gasteiger partial charge >= 0.3 is 0 Å². The van der Waals surface area contributed by atoms with Crippen molar-refractivity contribution in [3.63, 3.8) is 0 Å². The van der Waals surface area contributed by atoms with E-state index in [1.165, 1.54) is 25.9 Å². The third-order valence-corrected chi connectivity index (χ3v) is 5.24. The Hall–Kier alpha value is -1.59. The quantitative estimate of drug-likeness (QED) is 0.845. The van der Waals surface area contributed by atoms with Crippen LogP contribution in [0, 0.1) is 11.8 Å². The number of amides is 2. The van der Waals surface area contributed by atoms with Gasteiger partial charge in [0.05, 0.1) is 5.92 Å². The monoisotopic (exact) mass is 363 g/mol. The van der Waals surface area contributed by atoms with Gasteiger partial charge in [-0.05, 0) is 50.0 Å². The molecular formula is C19H26ClN3O2. The molecular weight excluding hydrogens is 338 g/mol. The highest BCUT2D eigenvalue weighted by Gasteiger charge is 2.35. The summed E-state index contributed by atoms with van der Waals surface area (Å²) in [5, 5.41) is 3.62. The molecule has 6 heteroatoms. The average Bonchev–Trinajstić information content (AvgIpc) is 3.22. The number of likely N-dealkylation sites (tertiary alicyclic amines) is 1. The maximum Gasteiger partial charge on any atom is 0.227 e. The number of benzene rings is 1. The van der Waals surface area contributed by atoms with Crippen molar-refractivity contribution in [3.8, 4) is 0 Å². The molecule has 2 amide bonds. The third kappa shape index (κ3) is 4.73. The standard InChI is InChI=1S/C19H26ClN3O2/c1-14(12-22-7-2-3-8-22)11-21-19(25)15-9-18(24)23(13-15)17-6-4-5-16(20)10-17/h4-6,10,14-15H,2-3,7-9,11-13H2,1H3,(H,21,25). The van der Waals surface area contributed by atoms with Crippen LogP contribution in [-0.2, 0) is 9.59 Å². The van der Waals surface area contributed by atoms with Crippen LogP contribution in [0.1, 0.15) is 26.2 Å². The van der Waals surface area contributed by atoms with E-state index in [0.29, 0.717) is 24.0 Å². The fourth-order valence-electron chi connectivity index (χ4n) is 3.67. The predicted molar refractivity (Wildman–Crippen MR) is 99.8 cm³/mol. The molecule has 1 aromatic rings. The summed E-state index contributed by atoms with van der Waals surface area (Å²) >= 11 is 6.00. The van der Waals surface area contributed by atoms with Crippen molar-refractivity contribution in [1.29, 1.82) is 0 Å². The number of carbonyl (C=O) groups excluding carboxylic acids is 2. The van der Waals surface area contributed by atoms with Crippen LogP contribution in [0.2, 0.25) is 5.02 Å². The fraction of sp³-hybridized carbons (Fsp3) is 0.579. The highest BCUT2D eigenvalue weighted by Crippen LogP contribution is 2.27. The molecule has 136 valence electrons. The first-order valence-corrected chi connectivity index (χ1v) is 9.46. The Morgan fingerprint density at radius 1 is 1.36 bits per heavy atom. The Labute approximate surface area is 154 Å². The van der Waals surface area contributed by atoms with E-state index < -0.39 is 0 Å². The molecule has 0 saturated carbocycles. The van der Waals surface area contributed by atoms with E-state index in [-0.39, 0.29) is 24.2 Å². The molecule has 5 nitrogen and oxygen atoms in total. The van der Waals surface area contributed by atoms with Gasteiger partial charge in [0.1, 0.15) is 0 Å². The van der Waals surface area contributed by atoms with Gasteiger partial charge in [-0.1, -0.05) is 24.6 Å². The van der Waals surface area contributed by atoms with Crippen molar-refractivity contribution in [1.82, 2.24) is 10.2 Å². The summed E-state index contributed by atoms with van der Waals surface area (Å²) in [6.07, 6.45) is 2.82. The molecule has 1 aromatic carbocycles. The Bertz CT molecular complexity index is 631. The summed E-state index contributed by atoms with van der Waals surface area (Å²) in [5.74, 6) is 0.0901. The summed E-state index contributed by atoms with van der Waals surface area (Å²) in [6.45, 7) is 6.62. The van der Waals surface area contributed by atoms with Gasteiger partial charge in [-0.3, -0.25) is 9.59 Å². The van der Waals surface area contributed by atoms with E-state index in [9.17, 15) is 9.59 Å². The molecule has 2 fully saturated rings. The second kappa shape index (κ2) is 8.19. The first kappa shape index (κ1) is 18.2. The van der Waals surface area contributed by atoms with Crippen molar-refractivity contribution < 1.29 is 9.59 Å². The molecule has 25 heavy (non-hydrogen) atoms. The highest BCUT2D eigenvalue weighted by atomic mass is 35.5. The number of carbonyl (C=O) groups is 2. The van der Waals surface area contributed by atoms with E-state index >= 15 is 0 Å². The Morgan fingerprint density at radius 3 is 2.84 bits per heavy atom. The summed E-state index contributed by atoms with van der Waals surface area (Å²) in [4.78, 5) is 28.8. The first-order chi connectivity index (χ1) is 12.0. The van der Waals surface area contributed by atoms with Crippen LogP contribution in [0.15, 0.2) is 24.3 Å². The third-order valence-electron chi connectivity index (χ3n) is 5.01. The topological polar surface area (TPSA) is 52.7 Å². The van der Waals surface area contributed by atoms with Gasteiger partial charge in [0.15, 0.2) is 0 Å².